The maximum Gasteiger partial charge on any atom is 0.269 e. The minimum Gasteiger partial charge on any atom is -0.384 e. The van der Waals surface area contributed by atoms with Crippen LogP contribution in [0.1, 0.15) is 23.7 Å². The van der Waals surface area contributed by atoms with Gasteiger partial charge in [0.2, 0.25) is 0 Å². The second-order valence-electron chi connectivity index (χ2n) is 5.81. The number of non-ortho nitro benzene ring substituents is 1. The number of nitro groups is 1. The van der Waals surface area contributed by atoms with Crippen molar-refractivity contribution in [2.24, 2.45) is 0 Å². The van der Waals surface area contributed by atoms with Gasteiger partial charge in [-0.1, -0.05) is 0 Å². The molecule has 0 saturated carbocycles. The molecule has 7 nitrogen and oxygen atoms in total. The number of nitro benzene ring substituents is 1. The highest BCUT2D eigenvalue weighted by Crippen LogP contribution is 2.43. The van der Waals surface area contributed by atoms with Crippen LogP contribution in [0.3, 0.4) is 0 Å². The molecule has 0 bridgehead atoms. The van der Waals surface area contributed by atoms with Crippen LogP contribution in [0.5, 0.6) is 0 Å². The quantitative estimate of drug-likeness (QED) is 0.683. The first-order valence-corrected chi connectivity index (χ1v) is 7.74. The molecule has 2 unspecified atom stereocenters. The van der Waals surface area contributed by atoms with Crippen LogP contribution in [0.4, 0.5) is 5.69 Å². The first-order valence-electron chi connectivity index (χ1n) is 7.74. The topological polar surface area (TPSA) is 88.7 Å². The number of aromatic nitrogens is 1. The van der Waals surface area contributed by atoms with Crippen molar-refractivity contribution in [2.45, 2.75) is 18.2 Å². The molecule has 0 spiro atoms. The van der Waals surface area contributed by atoms with Crippen molar-refractivity contribution in [1.29, 1.82) is 0 Å². The molecule has 1 aromatic heterocycles. The van der Waals surface area contributed by atoms with E-state index in [4.69, 9.17) is 4.74 Å². The fourth-order valence-corrected chi connectivity index (χ4v) is 3.15. The summed E-state index contributed by atoms with van der Waals surface area (Å²) in [4.78, 5) is 16.4. The van der Waals surface area contributed by atoms with Crippen LogP contribution < -0.4 is 0 Å². The molecular formula is C17H19N3O4. The summed E-state index contributed by atoms with van der Waals surface area (Å²) in [7, 11) is 1.90. The molecule has 0 aliphatic carbocycles. The molecule has 1 aliphatic heterocycles. The van der Waals surface area contributed by atoms with Crippen LogP contribution in [0.25, 0.3) is 0 Å². The predicted octanol–water partition coefficient (Wildman–Crippen LogP) is 2.23. The van der Waals surface area contributed by atoms with Gasteiger partial charge < -0.3 is 9.84 Å². The lowest BCUT2D eigenvalue weighted by atomic mass is 9.89. The van der Waals surface area contributed by atoms with E-state index in [9.17, 15) is 15.2 Å². The number of ether oxygens (including phenoxy) is 1. The highest BCUT2D eigenvalue weighted by atomic mass is 16.6. The third-order valence-electron chi connectivity index (χ3n) is 4.41. The third kappa shape index (κ3) is 2.77. The molecule has 2 heterocycles. The Bertz CT molecular complexity index is 708. The summed E-state index contributed by atoms with van der Waals surface area (Å²) in [5.74, 6) is 0. The summed E-state index contributed by atoms with van der Waals surface area (Å²) in [6.07, 6.45) is 3.19. The fourth-order valence-electron chi connectivity index (χ4n) is 3.15. The Labute approximate surface area is 139 Å². The van der Waals surface area contributed by atoms with Crippen LogP contribution in [0.2, 0.25) is 0 Å². The number of hydrogen-bond acceptors (Lipinski definition) is 6. The van der Waals surface area contributed by atoms with Gasteiger partial charge in [0.05, 0.1) is 11.5 Å². The predicted molar refractivity (Wildman–Crippen MR) is 87.2 cm³/mol. The van der Waals surface area contributed by atoms with E-state index >= 15 is 0 Å². The number of likely N-dealkylation sites (N-methyl/N-ethyl adjacent to an activating group) is 1. The standard InChI is InChI=1S/C17H19N3O4/c1-19-11-2-12-24-17(19,14-7-9-18-10-8-14)16(21)13-3-5-15(6-4-13)20(22)23/h3-10,16,21H,2,11-12H2,1H3. The monoisotopic (exact) mass is 329 g/mol. The second-order valence-corrected chi connectivity index (χ2v) is 5.81. The van der Waals surface area contributed by atoms with E-state index in [1.54, 1.807) is 24.5 Å². The summed E-state index contributed by atoms with van der Waals surface area (Å²) in [5, 5.41) is 21.9. The minimum atomic E-state index is -1.04. The van der Waals surface area contributed by atoms with E-state index < -0.39 is 16.8 Å². The SMILES string of the molecule is CN1CCCOC1(c1ccncc1)C(O)c1ccc([N+](=O)[O-])cc1. The van der Waals surface area contributed by atoms with Gasteiger partial charge in [0, 0.05) is 36.6 Å². The Balaban J connectivity index is 2.03. The van der Waals surface area contributed by atoms with Gasteiger partial charge in [-0.05, 0) is 43.3 Å². The fraction of sp³-hybridized carbons (Fsp3) is 0.353. The molecule has 0 radical (unpaired) electrons. The van der Waals surface area contributed by atoms with Crippen LogP contribution >= 0.6 is 0 Å². The number of hydrogen-bond donors (Lipinski definition) is 1. The highest BCUT2D eigenvalue weighted by Gasteiger charge is 2.47. The molecule has 1 saturated heterocycles. The van der Waals surface area contributed by atoms with Gasteiger partial charge >= 0.3 is 0 Å². The van der Waals surface area contributed by atoms with Crippen LogP contribution in [0, 0.1) is 10.1 Å². The van der Waals surface area contributed by atoms with Crippen molar-refractivity contribution < 1.29 is 14.8 Å². The number of benzene rings is 1. The molecular weight excluding hydrogens is 310 g/mol. The molecule has 0 amide bonds. The van der Waals surface area contributed by atoms with Crippen LogP contribution in [-0.2, 0) is 10.5 Å². The maximum atomic E-state index is 11.1. The van der Waals surface area contributed by atoms with Gasteiger partial charge in [-0.3, -0.25) is 20.0 Å². The van der Waals surface area contributed by atoms with Gasteiger partial charge in [0.15, 0.2) is 5.72 Å². The number of aliphatic hydroxyl groups excluding tert-OH is 1. The summed E-state index contributed by atoms with van der Waals surface area (Å²) >= 11 is 0. The molecule has 126 valence electrons. The maximum absolute atomic E-state index is 11.1. The van der Waals surface area contributed by atoms with Gasteiger partial charge in [-0.2, -0.15) is 0 Å². The number of pyridine rings is 1. The molecule has 1 aliphatic rings. The Morgan fingerprint density at radius 2 is 1.96 bits per heavy atom. The Hall–Kier alpha value is -2.35. The minimum absolute atomic E-state index is 0.0122. The lowest BCUT2D eigenvalue weighted by Gasteiger charge is -2.48. The van der Waals surface area contributed by atoms with Crippen LogP contribution in [0.15, 0.2) is 48.8 Å². The van der Waals surface area contributed by atoms with E-state index in [0.717, 1.165) is 18.5 Å². The zero-order valence-corrected chi connectivity index (χ0v) is 13.3. The Kier molecular flexibility index (Phi) is 4.57. The first-order chi connectivity index (χ1) is 11.6. The van der Waals surface area contributed by atoms with Crippen molar-refractivity contribution >= 4 is 5.69 Å². The van der Waals surface area contributed by atoms with Gasteiger partial charge in [-0.25, -0.2) is 0 Å². The molecule has 7 heteroatoms. The highest BCUT2D eigenvalue weighted by molar-refractivity contribution is 5.36. The number of aliphatic hydroxyl groups is 1. The molecule has 1 N–H and O–H groups in total. The van der Waals surface area contributed by atoms with Crippen LogP contribution in [-0.4, -0.2) is 40.1 Å². The first kappa shape index (κ1) is 16.5. The van der Waals surface area contributed by atoms with E-state index in [1.807, 2.05) is 24.1 Å². The average Bonchev–Trinajstić information content (AvgIpc) is 2.62. The Morgan fingerprint density at radius 3 is 2.54 bits per heavy atom. The van der Waals surface area contributed by atoms with E-state index in [2.05, 4.69) is 4.98 Å². The largest absolute Gasteiger partial charge is 0.384 e. The molecule has 24 heavy (non-hydrogen) atoms. The molecule has 2 aromatic rings. The molecule has 1 fully saturated rings. The number of rotatable bonds is 4. The van der Waals surface area contributed by atoms with Gasteiger partial charge in [0.1, 0.15) is 6.10 Å². The summed E-state index contributed by atoms with van der Waals surface area (Å²) in [5.41, 5.74) is 0.302. The summed E-state index contributed by atoms with van der Waals surface area (Å²) in [6.45, 7) is 1.29. The van der Waals surface area contributed by atoms with E-state index in [1.165, 1.54) is 12.1 Å². The van der Waals surface area contributed by atoms with Crippen molar-refractivity contribution in [1.82, 2.24) is 9.88 Å². The van der Waals surface area contributed by atoms with Crippen molar-refractivity contribution in [2.75, 3.05) is 20.2 Å². The average molecular weight is 329 g/mol. The zero-order valence-electron chi connectivity index (χ0n) is 13.3. The van der Waals surface area contributed by atoms with Crippen molar-refractivity contribution in [3.63, 3.8) is 0 Å². The lowest BCUT2D eigenvalue weighted by Crippen LogP contribution is -2.54. The van der Waals surface area contributed by atoms with Gasteiger partial charge in [-0.15, -0.1) is 0 Å². The summed E-state index contributed by atoms with van der Waals surface area (Å²) in [6, 6.07) is 9.55. The van der Waals surface area contributed by atoms with Crippen molar-refractivity contribution in [3.05, 3.63) is 70.0 Å². The smallest absolute Gasteiger partial charge is 0.269 e. The van der Waals surface area contributed by atoms with E-state index in [-0.39, 0.29) is 5.69 Å². The number of nitrogens with zero attached hydrogens (tertiary/aromatic N) is 3. The third-order valence-corrected chi connectivity index (χ3v) is 4.41. The molecule has 2 atom stereocenters. The Morgan fingerprint density at radius 1 is 1.29 bits per heavy atom. The summed E-state index contributed by atoms with van der Waals surface area (Å²) < 4.78 is 6.07. The normalized spacial score (nSPS) is 22.9. The molecule has 1 aromatic carbocycles. The molecule has 3 rings (SSSR count). The van der Waals surface area contributed by atoms with E-state index in [0.29, 0.717) is 12.2 Å². The zero-order chi connectivity index (χ0) is 17.2. The van der Waals surface area contributed by atoms with Gasteiger partial charge in [0.25, 0.3) is 5.69 Å². The lowest BCUT2D eigenvalue weighted by molar-refractivity contribution is -0.384. The van der Waals surface area contributed by atoms with Crippen molar-refractivity contribution in [3.8, 4) is 0 Å². The second kappa shape index (κ2) is 6.64.